The number of amides is 1. The van der Waals surface area contributed by atoms with Crippen LogP contribution in [0.25, 0.3) is 0 Å². The predicted octanol–water partition coefficient (Wildman–Crippen LogP) is 4.29. The Morgan fingerprint density at radius 3 is 2.39 bits per heavy atom. The normalized spacial score (nSPS) is 11.4. The lowest BCUT2D eigenvalue weighted by Crippen LogP contribution is -2.30. The Morgan fingerprint density at radius 2 is 1.76 bits per heavy atom. The molecule has 0 atom stereocenters. The molecule has 3 aromatic rings. The van der Waals surface area contributed by atoms with Gasteiger partial charge in [0.25, 0.3) is 5.91 Å². The van der Waals surface area contributed by atoms with Crippen molar-refractivity contribution in [2.45, 2.75) is 25.3 Å². The number of ether oxygens (including phenoxy) is 2. The van der Waals surface area contributed by atoms with Crippen molar-refractivity contribution in [1.82, 2.24) is 4.31 Å². The lowest BCUT2D eigenvalue weighted by Gasteiger charge is -2.19. The van der Waals surface area contributed by atoms with E-state index in [0.29, 0.717) is 30.3 Å². The van der Waals surface area contributed by atoms with Gasteiger partial charge in [-0.05, 0) is 54.6 Å². The molecule has 1 amide bonds. The topological polar surface area (TPSA) is 98.1 Å². The van der Waals surface area contributed by atoms with Crippen molar-refractivity contribution in [3.8, 4) is 11.5 Å². The fourth-order valence-electron chi connectivity index (χ4n) is 3.10. The standard InChI is InChI=1S/C23H25FN2O6S/c1-4-26(5-2)33(28,29)19-11-13-21(30-3)20(14-19)25-23(27)22-12-10-18(32-22)15-31-17-8-6-16(24)7-9-17/h6-14H,4-5,15H2,1-3H3,(H,25,27). The quantitative estimate of drug-likeness (QED) is 0.469. The van der Waals surface area contributed by atoms with Crippen molar-refractivity contribution < 1.29 is 31.5 Å². The summed E-state index contributed by atoms with van der Waals surface area (Å²) in [6, 6.07) is 12.8. The first kappa shape index (κ1) is 24.3. The summed E-state index contributed by atoms with van der Waals surface area (Å²) in [5, 5.41) is 2.64. The number of furan rings is 1. The van der Waals surface area contributed by atoms with Crippen LogP contribution in [-0.4, -0.2) is 38.8 Å². The molecular formula is C23H25FN2O6S. The van der Waals surface area contributed by atoms with E-state index in [1.54, 1.807) is 19.9 Å². The third-order valence-electron chi connectivity index (χ3n) is 4.84. The highest BCUT2D eigenvalue weighted by Crippen LogP contribution is 2.29. The van der Waals surface area contributed by atoms with Crippen LogP contribution in [-0.2, 0) is 16.6 Å². The number of anilines is 1. The van der Waals surface area contributed by atoms with E-state index in [1.807, 2.05) is 0 Å². The van der Waals surface area contributed by atoms with Gasteiger partial charge >= 0.3 is 0 Å². The molecule has 0 unspecified atom stereocenters. The minimum absolute atomic E-state index is 0.00626. The summed E-state index contributed by atoms with van der Waals surface area (Å²) in [5.74, 6) is 0.187. The Morgan fingerprint density at radius 1 is 1.06 bits per heavy atom. The maximum atomic E-state index is 13.0. The van der Waals surface area contributed by atoms with Gasteiger partial charge in [-0.15, -0.1) is 0 Å². The van der Waals surface area contributed by atoms with Crippen molar-refractivity contribution >= 4 is 21.6 Å². The van der Waals surface area contributed by atoms with E-state index in [-0.39, 0.29) is 28.8 Å². The Labute approximate surface area is 192 Å². The Balaban J connectivity index is 1.75. The molecule has 0 aliphatic heterocycles. The molecule has 0 aliphatic carbocycles. The van der Waals surface area contributed by atoms with Crippen LogP contribution in [0.4, 0.5) is 10.1 Å². The minimum Gasteiger partial charge on any atom is -0.495 e. The summed E-state index contributed by atoms with van der Waals surface area (Å²) in [4.78, 5) is 12.7. The highest BCUT2D eigenvalue weighted by atomic mass is 32.2. The number of hydrogen-bond donors (Lipinski definition) is 1. The summed E-state index contributed by atoms with van der Waals surface area (Å²) < 4.78 is 56.3. The van der Waals surface area contributed by atoms with Crippen LogP contribution in [0.2, 0.25) is 0 Å². The van der Waals surface area contributed by atoms with Crippen LogP contribution in [0.5, 0.6) is 11.5 Å². The highest BCUT2D eigenvalue weighted by molar-refractivity contribution is 7.89. The molecule has 0 aliphatic rings. The Bertz CT molecular complexity index is 1200. The molecule has 10 heteroatoms. The van der Waals surface area contributed by atoms with Crippen LogP contribution >= 0.6 is 0 Å². The molecule has 1 aromatic heterocycles. The van der Waals surface area contributed by atoms with E-state index in [4.69, 9.17) is 13.9 Å². The molecule has 0 saturated carbocycles. The fraction of sp³-hybridized carbons (Fsp3) is 0.261. The second-order valence-corrected chi connectivity index (χ2v) is 8.85. The zero-order valence-electron chi connectivity index (χ0n) is 18.5. The van der Waals surface area contributed by atoms with E-state index in [1.165, 1.54) is 59.9 Å². The van der Waals surface area contributed by atoms with Gasteiger partial charge in [0.1, 0.15) is 29.7 Å². The molecule has 176 valence electrons. The molecule has 0 spiro atoms. The summed E-state index contributed by atoms with van der Waals surface area (Å²) in [5.41, 5.74) is 0.191. The van der Waals surface area contributed by atoms with Gasteiger partial charge in [-0.1, -0.05) is 13.8 Å². The van der Waals surface area contributed by atoms with Gasteiger partial charge in [0, 0.05) is 13.1 Å². The second-order valence-electron chi connectivity index (χ2n) is 6.91. The Kier molecular flexibility index (Phi) is 7.72. The van der Waals surface area contributed by atoms with Crippen LogP contribution in [0.3, 0.4) is 0 Å². The van der Waals surface area contributed by atoms with Crippen LogP contribution in [0, 0.1) is 5.82 Å². The SMILES string of the molecule is CCN(CC)S(=O)(=O)c1ccc(OC)c(NC(=O)c2ccc(COc3ccc(F)cc3)o2)c1. The maximum Gasteiger partial charge on any atom is 0.291 e. The Hall–Kier alpha value is -3.37. The molecule has 3 rings (SSSR count). The second kappa shape index (κ2) is 10.5. The van der Waals surface area contributed by atoms with E-state index >= 15 is 0 Å². The maximum absolute atomic E-state index is 13.0. The number of sulfonamides is 1. The number of benzene rings is 2. The van der Waals surface area contributed by atoms with Gasteiger partial charge in [0.05, 0.1) is 17.7 Å². The van der Waals surface area contributed by atoms with Gasteiger partial charge in [0.15, 0.2) is 5.76 Å². The molecule has 1 heterocycles. The average Bonchev–Trinajstić information content (AvgIpc) is 3.28. The van der Waals surface area contributed by atoms with Gasteiger partial charge in [-0.3, -0.25) is 4.79 Å². The van der Waals surface area contributed by atoms with E-state index in [9.17, 15) is 17.6 Å². The third-order valence-corrected chi connectivity index (χ3v) is 6.89. The van der Waals surface area contributed by atoms with Crippen LogP contribution < -0.4 is 14.8 Å². The van der Waals surface area contributed by atoms with E-state index in [0.717, 1.165) is 0 Å². The average molecular weight is 477 g/mol. The monoisotopic (exact) mass is 476 g/mol. The molecule has 0 saturated heterocycles. The number of hydrogen-bond acceptors (Lipinski definition) is 6. The molecule has 33 heavy (non-hydrogen) atoms. The zero-order chi connectivity index (χ0) is 24.0. The molecule has 0 radical (unpaired) electrons. The molecule has 1 N–H and O–H groups in total. The lowest BCUT2D eigenvalue weighted by atomic mass is 10.3. The molecular weight excluding hydrogens is 451 g/mol. The fourth-order valence-corrected chi connectivity index (χ4v) is 4.59. The van der Waals surface area contributed by atoms with E-state index in [2.05, 4.69) is 5.32 Å². The van der Waals surface area contributed by atoms with Gasteiger partial charge < -0.3 is 19.2 Å². The molecule has 8 nitrogen and oxygen atoms in total. The summed E-state index contributed by atoms with van der Waals surface area (Å²) in [6.45, 7) is 4.19. The summed E-state index contributed by atoms with van der Waals surface area (Å²) >= 11 is 0. The first-order valence-corrected chi connectivity index (χ1v) is 11.7. The van der Waals surface area contributed by atoms with Crippen molar-refractivity contribution in [1.29, 1.82) is 0 Å². The van der Waals surface area contributed by atoms with Crippen LogP contribution in [0.15, 0.2) is 63.9 Å². The summed E-state index contributed by atoms with van der Waals surface area (Å²) in [6.07, 6.45) is 0. The molecule has 0 fully saturated rings. The smallest absolute Gasteiger partial charge is 0.291 e. The van der Waals surface area contributed by atoms with Gasteiger partial charge in [-0.25, -0.2) is 12.8 Å². The zero-order valence-corrected chi connectivity index (χ0v) is 19.3. The van der Waals surface area contributed by atoms with Gasteiger partial charge in [-0.2, -0.15) is 4.31 Å². The number of carbonyl (C=O) groups is 1. The first-order valence-electron chi connectivity index (χ1n) is 10.2. The third kappa shape index (κ3) is 5.71. The van der Waals surface area contributed by atoms with E-state index < -0.39 is 15.9 Å². The molecule has 0 bridgehead atoms. The van der Waals surface area contributed by atoms with Crippen molar-refractivity contribution in [3.05, 3.63) is 71.9 Å². The lowest BCUT2D eigenvalue weighted by molar-refractivity contribution is 0.0992. The summed E-state index contributed by atoms with van der Waals surface area (Å²) in [7, 11) is -2.30. The first-order chi connectivity index (χ1) is 15.8. The number of carbonyl (C=O) groups excluding carboxylic acids is 1. The van der Waals surface area contributed by atoms with Crippen molar-refractivity contribution in [2.24, 2.45) is 0 Å². The van der Waals surface area contributed by atoms with Gasteiger partial charge in [0.2, 0.25) is 10.0 Å². The largest absolute Gasteiger partial charge is 0.495 e. The number of nitrogens with zero attached hydrogens (tertiary/aromatic N) is 1. The van der Waals surface area contributed by atoms with Crippen molar-refractivity contribution in [2.75, 3.05) is 25.5 Å². The molecule has 2 aromatic carbocycles. The number of halogens is 1. The van der Waals surface area contributed by atoms with Crippen LogP contribution in [0.1, 0.15) is 30.2 Å². The predicted molar refractivity (Wildman–Crippen MR) is 120 cm³/mol. The number of rotatable bonds is 10. The minimum atomic E-state index is -3.72. The number of nitrogens with one attached hydrogen (secondary N) is 1. The number of methoxy groups -OCH3 is 1. The van der Waals surface area contributed by atoms with Crippen molar-refractivity contribution in [3.63, 3.8) is 0 Å². The highest BCUT2D eigenvalue weighted by Gasteiger charge is 2.24.